The topological polar surface area (TPSA) is 90.2 Å². The lowest BCUT2D eigenvalue weighted by Crippen LogP contribution is -2.30. The van der Waals surface area contributed by atoms with Crippen molar-refractivity contribution in [3.63, 3.8) is 0 Å². The second-order valence-electron chi connectivity index (χ2n) is 11.3. The van der Waals surface area contributed by atoms with Crippen LogP contribution >= 0.6 is 0 Å². The van der Waals surface area contributed by atoms with E-state index in [0.29, 0.717) is 24.9 Å². The number of nitrogens with one attached hydrogen (secondary N) is 4. The van der Waals surface area contributed by atoms with E-state index in [1.54, 1.807) is 0 Å². The van der Waals surface area contributed by atoms with Crippen molar-refractivity contribution >= 4 is 11.7 Å². The molecule has 0 spiro atoms. The smallest absolute Gasteiger partial charge is 0.125 e. The van der Waals surface area contributed by atoms with E-state index in [1.807, 2.05) is 76.2 Å². The molecule has 0 aliphatic carbocycles. The molecule has 0 fully saturated rings. The van der Waals surface area contributed by atoms with Gasteiger partial charge in [-0.3, -0.25) is 10.8 Å². The third-order valence-electron chi connectivity index (χ3n) is 5.88. The van der Waals surface area contributed by atoms with Gasteiger partial charge in [-0.15, -0.1) is 0 Å². The highest BCUT2D eigenvalue weighted by Crippen LogP contribution is 2.26. The average molecular weight is 515 g/mol. The van der Waals surface area contributed by atoms with Crippen molar-refractivity contribution in [2.45, 2.75) is 79.2 Å². The quantitative estimate of drug-likeness (QED) is 0.177. The molecule has 6 heteroatoms. The van der Waals surface area contributed by atoms with Crippen molar-refractivity contribution in [1.29, 1.82) is 10.8 Å². The van der Waals surface area contributed by atoms with Crippen LogP contribution in [-0.4, -0.2) is 23.8 Å². The van der Waals surface area contributed by atoms with Gasteiger partial charge in [-0.25, -0.2) is 0 Å². The zero-order valence-corrected chi connectivity index (χ0v) is 23.7. The average Bonchev–Trinajstić information content (AvgIpc) is 2.85. The molecule has 4 N–H and O–H groups in total. The Morgan fingerprint density at radius 1 is 0.658 bits per heavy atom. The number of hydrogen-bond acceptors (Lipinski definition) is 4. The lowest BCUT2D eigenvalue weighted by molar-refractivity contribution is 0.299. The van der Waals surface area contributed by atoms with Crippen LogP contribution in [0.5, 0.6) is 11.5 Å². The molecule has 3 aromatic carbocycles. The zero-order chi connectivity index (χ0) is 27.9. The van der Waals surface area contributed by atoms with Crippen molar-refractivity contribution in [3.8, 4) is 11.5 Å². The van der Waals surface area contributed by atoms with Gasteiger partial charge in [-0.05, 0) is 104 Å². The Hall–Kier alpha value is -3.80. The van der Waals surface area contributed by atoms with E-state index in [9.17, 15) is 0 Å². The molecule has 0 bridgehead atoms. The molecule has 202 valence electrons. The summed E-state index contributed by atoms with van der Waals surface area (Å²) < 4.78 is 12.2. The molecule has 0 aromatic heterocycles. The molecule has 0 aliphatic heterocycles. The summed E-state index contributed by atoms with van der Waals surface area (Å²) >= 11 is 0. The lowest BCUT2D eigenvalue weighted by Gasteiger charge is -2.22. The third-order valence-corrected chi connectivity index (χ3v) is 5.88. The Labute approximate surface area is 227 Å². The van der Waals surface area contributed by atoms with Crippen molar-refractivity contribution < 1.29 is 9.47 Å². The number of rotatable bonds is 10. The molecule has 0 heterocycles. The lowest BCUT2D eigenvalue weighted by atomic mass is 9.85. The van der Waals surface area contributed by atoms with Gasteiger partial charge in [0.15, 0.2) is 0 Å². The summed E-state index contributed by atoms with van der Waals surface area (Å²) in [5.41, 5.74) is 5.05. The first-order valence-corrected chi connectivity index (χ1v) is 13.2. The number of ether oxygens (including phenoxy) is 2. The van der Waals surface area contributed by atoms with E-state index in [-0.39, 0.29) is 17.5 Å². The highest BCUT2D eigenvalue weighted by Gasteiger charge is 2.16. The summed E-state index contributed by atoms with van der Waals surface area (Å²) in [7, 11) is 0. The molecule has 38 heavy (non-hydrogen) atoms. The summed E-state index contributed by atoms with van der Waals surface area (Å²) in [6.45, 7) is 15.6. The van der Waals surface area contributed by atoms with Gasteiger partial charge in [-0.1, -0.05) is 32.9 Å². The maximum Gasteiger partial charge on any atom is 0.125 e. The molecule has 0 atom stereocenters. The van der Waals surface area contributed by atoms with Crippen LogP contribution in [0, 0.1) is 10.8 Å². The van der Waals surface area contributed by atoms with Crippen LogP contribution in [-0.2, 0) is 18.6 Å². The molecular formula is C32H42N4O2. The summed E-state index contributed by atoms with van der Waals surface area (Å²) in [5.74, 6) is 2.36. The van der Waals surface area contributed by atoms with Crippen molar-refractivity contribution in [1.82, 2.24) is 10.6 Å². The Kier molecular flexibility index (Phi) is 9.56. The molecular weight excluding hydrogens is 472 g/mol. The minimum absolute atomic E-state index is 0.0123. The Bertz CT molecular complexity index is 1140. The minimum atomic E-state index is -0.0123. The molecule has 0 aliphatic rings. The summed E-state index contributed by atoms with van der Waals surface area (Å²) in [4.78, 5) is 0. The minimum Gasteiger partial charge on any atom is -0.489 e. The Morgan fingerprint density at radius 2 is 1.03 bits per heavy atom. The van der Waals surface area contributed by atoms with Gasteiger partial charge in [0.1, 0.15) is 36.4 Å². The van der Waals surface area contributed by atoms with Crippen LogP contribution < -0.4 is 20.1 Å². The largest absolute Gasteiger partial charge is 0.489 e. The van der Waals surface area contributed by atoms with E-state index in [4.69, 9.17) is 20.3 Å². The SMILES string of the molecule is CC(C)NC(=N)c1ccc(OCc2cc(COc3ccc(C(=N)NC(C)C)cc3)cc(C(C)(C)C)c2)cc1. The van der Waals surface area contributed by atoms with Crippen LogP contribution in [0.2, 0.25) is 0 Å². The zero-order valence-electron chi connectivity index (χ0n) is 23.7. The molecule has 0 saturated heterocycles. The molecule has 0 amide bonds. The van der Waals surface area contributed by atoms with Crippen LogP contribution in [0.3, 0.4) is 0 Å². The molecule has 6 nitrogen and oxygen atoms in total. The second kappa shape index (κ2) is 12.6. The fourth-order valence-electron chi connectivity index (χ4n) is 3.88. The van der Waals surface area contributed by atoms with E-state index >= 15 is 0 Å². The van der Waals surface area contributed by atoms with E-state index in [1.165, 1.54) is 5.56 Å². The first-order valence-electron chi connectivity index (χ1n) is 13.2. The molecule has 0 unspecified atom stereocenters. The number of hydrogen-bond donors (Lipinski definition) is 4. The molecule has 0 radical (unpaired) electrons. The number of benzene rings is 3. The molecule has 3 rings (SSSR count). The van der Waals surface area contributed by atoms with E-state index in [0.717, 1.165) is 33.8 Å². The van der Waals surface area contributed by atoms with Crippen molar-refractivity contribution in [2.75, 3.05) is 0 Å². The van der Waals surface area contributed by atoms with Gasteiger partial charge < -0.3 is 20.1 Å². The van der Waals surface area contributed by atoms with Gasteiger partial charge in [0.25, 0.3) is 0 Å². The van der Waals surface area contributed by atoms with Crippen molar-refractivity contribution in [3.05, 3.63) is 94.5 Å². The predicted octanol–water partition coefficient (Wildman–Crippen LogP) is 6.79. The third kappa shape index (κ3) is 8.65. The van der Waals surface area contributed by atoms with E-state index in [2.05, 4.69) is 49.6 Å². The monoisotopic (exact) mass is 514 g/mol. The van der Waals surface area contributed by atoms with Gasteiger partial charge in [0, 0.05) is 23.2 Å². The van der Waals surface area contributed by atoms with E-state index < -0.39 is 0 Å². The Morgan fingerprint density at radius 3 is 1.34 bits per heavy atom. The maximum absolute atomic E-state index is 8.15. The Balaban J connectivity index is 1.68. The molecule has 3 aromatic rings. The van der Waals surface area contributed by atoms with Gasteiger partial charge in [0.05, 0.1) is 0 Å². The van der Waals surface area contributed by atoms with Crippen LogP contribution in [0.25, 0.3) is 0 Å². The van der Waals surface area contributed by atoms with Crippen LogP contribution in [0.1, 0.15) is 76.3 Å². The van der Waals surface area contributed by atoms with Crippen LogP contribution in [0.15, 0.2) is 66.7 Å². The number of amidine groups is 2. The fourth-order valence-corrected chi connectivity index (χ4v) is 3.88. The summed E-state index contributed by atoms with van der Waals surface area (Å²) in [6.07, 6.45) is 0. The van der Waals surface area contributed by atoms with Gasteiger partial charge in [-0.2, -0.15) is 0 Å². The highest BCUT2D eigenvalue weighted by molar-refractivity contribution is 5.97. The first kappa shape index (κ1) is 28.8. The van der Waals surface area contributed by atoms with Crippen LogP contribution in [0.4, 0.5) is 0 Å². The molecule has 0 saturated carbocycles. The van der Waals surface area contributed by atoms with Gasteiger partial charge >= 0.3 is 0 Å². The van der Waals surface area contributed by atoms with Gasteiger partial charge in [0.2, 0.25) is 0 Å². The predicted molar refractivity (Wildman–Crippen MR) is 157 cm³/mol. The summed E-state index contributed by atoms with van der Waals surface area (Å²) in [5, 5.41) is 22.5. The highest BCUT2D eigenvalue weighted by atomic mass is 16.5. The second-order valence-corrected chi connectivity index (χ2v) is 11.3. The fraction of sp³-hybridized carbons (Fsp3) is 0.375. The standard InChI is InChI=1S/C32H42N4O2/c1-21(2)35-30(33)25-8-12-28(13-9-25)37-19-23-16-24(18-27(17-23)32(5,6)7)20-38-29-14-10-26(11-15-29)31(34)36-22(3)4/h8-18,21-22H,19-20H2,1-7H3,(H2,33,35)(H2,34,36). The summed E-state index contributed by atoms with van der Waals surface area (Å²) in [6, 6.07) is 22.2. The first-order chi connectivity index (χ1) is 17.9. The normalized spacial score (nSPS) is 11.4. The maximum atomic E-state index is 8.15. The van der Waals surface area contributed by atoms with Crippen molar-refractivity contribution in [2.24, 2.45) is 0 Å².